The van der Waals surface area contributed by atoms with Gasteiger partial charge in [0, 0.05) is 11.6 Å². The van der Waals surface area contributed by atoms with Gasteiger partial charge in [0.1, 0.15) is 0 Å². The highest BCUT2D eigenvalue weighted by atomic mass is 15.4. The summed E-state index contributed by atoms with van der Waals surface area (Å²) >= 11 is 0. The largest absolute Gasteiger partial charge is 0.227 e. The lowest BCUT2D eigenvalue weighted by Gasteiger charge is -2.02. The van der Waals surface area contributed by atoms with Crippen molar-refractivity contribution in [2.45, 2.75) is 13.8 Å². The van der Waals surface area contributed by atoms with E-state index in [-0.39, 0.29) is 0 Å². The Hall–Kier alpha value is -2.23. The molecular weight excluding hydrogens is 212 g/mol. The Morgan fingerprint density at radius 1 is 1.12 bits per heavy atom. The van der Waals surface area contributed by atoms with E-state index < -0.39 is 0 Å². The lowest BCUT2D eigenvalue weighted by molar-refractivity contribution is 0.807. The molecule has 0 bridgehead atoms. The van der Waals surface area contributed by atoms with Gasteiger partial charge in [-0.25, -0.2) is 9.50 Å². The average Bonchev–Trinajstić information content (AvgIpc) is 2.72. The molecule has 17 heavy (non-hydrogen) atoms. The molecule has 3 rings (SSSR count). The molecule has 1 aromatic carbocycles. The van der Waals surface area contributed by atoms with Crippen molar-refractivity contribution in [2.24, 2.45) is 0 Å². The van der Waals surface area contributed by atoms with E-state index in [1.165, 1.54) is 11.1 Å². The molecule has 0 amide bonds. The number of nitrogens with zero attached hydrogens (tertiary/aromatic N) is 4. The van der Waals surface area contributed by atoms with Crippen molar-refractivity contribution in [1.29, 1.82) is 0 Å². The van der Waals surface area contributed by atoms with E-state index in [2.05, 4.69) is 47.3 Å². The summed E-state index contributed by atoms with van der Waals surface area (Å²) in [5.41, 5.74) is 5.37. The fourth-order valence-corrected chi connectivity index (χ4v) is 1.99. The van der Waals surface area contributed by atoms with Crippen LogP contribution in [0.15, 0.2) is 36.7 Å². The average molecular weight is 224 g/mol. The van der Waals surface area contributed by atoms with Gasteiger partial charge in [0.05, 0.1) is 18.1 Å². The van der Waals surface area contributed by atoms with Gasteiger partial charge in [-0.1, -0.05) is 29.0 Å². The summed E-state index contributed by atoms with van der Waals surface area (Å²) in [6.45, 7) is 4.18. The SMILES string of the molecule is Cc1ccc(-c2cn3nnccc3n2)c(C)c1. The monoisotopic (exact) mass is 224 g/mol. The van der Waals surface area contributed by atoms with Crippen LogP contribution in [0, 0.1) is 13.8 Å². The molecule has 2 heterocycles. The van der Waals surface area contributed by atoms with Gasteiger partial charge in [-0.05, 0) is 19.4 Å². The molecular formula is C13H12N4. The zero-order valence-electron chi connectivity index (χ0n) is 9.75. The second-order valence-electron chi connectivity index (χ2n) is 4.17. The molecule has 0 aliphatic carbocycles. The minimum absolute atomic E-state index is 0.815. The van der Waals surface area contributed by atoms with Crippen LogP contribution in [-0.2, 0) is 0 Å². The second-order valence-corrected chi connectivity index (χ2v) is 4.17. The van der Waals surface area contributed by atoms with E-state index in [0.717, 1.165) is 16.9 Å². The minimum atomic E-state index is 0.815. The molecule has 0 saturated carbocycles. The van der Waals surface area contributed by atoms with Crippen molar-refractivity contribution in [3.63, 3.8) is 0 Å². The third-order valence-electron chi connectivity index (χ3n) is 2.81. The predicted molar refractivity (Wildman–Crippen MR) is 65.7 cm³/mol. The number of hydrogen-bond acceptors (Lipinski definition) is 3. The maximum atomic E-state index is 4.53. The van der Waals surface area contributed by atoms with Crippen molar-refractivity contribution in [1.82, 2.24) is 19.8 Å². The molecule has 0 atom stereocenters. The fraction of sp³-hybridized carbons (Fsp3) is 0.154. The highest BCUT2D eigenvalue weighted by Crippen LogP contribution is 2.23. The van der Waals surface area contributed by atoms with E-state index in [1.54, 1.807) is 10.7 Å². The third-order valence-corrected chi connectivity index (χ3v) is 2.81. The number of rotatable bonds is 1. The zero-order chi connectivity index (χ0) is 11.8. The van der Waals surface area contributed by atoms with Gasteiger partial charge in [-0.3, -0.25) is 0 Å². The third kappa shape index (κ3) is 1.67. The summed E-state index contributed by atoms with van der Waals surface area (Å²) in [6.07, 6.45) is 3.55. The molecule has 0 spiro atoms. The molecule has 84 valence electrons. The van der Waals surface area contributed by atoms with E-state index in [1.807, 2.05) is 12.3 Å². The molecule has 0 aliphatic heterocycles. The molecule has 3 aromatic rings. The standard InChI is InChI=1S/C13H12N4/c1-9-3-4-11(10(2)7-9)12-8-17-13(15-12)5-6-14-16-17/h3-8H,1-2H3. The number of imidazole rings is 1. The molecule has 0 N–H and O–H groups in total. The van der Waals surface area contributed by atoms with Gasteiger partial charge >= 0.3 is 0 Å². The molecule has 4 heteroatoms. The summed E-state index contributed by atoms with van der Waals surface area (Å²) in [6, 6.07) is 8.20. The Balaban J connectivity index is 2.20. The maximum Gasteiger partial charge on any atom is 0.157 e. The van der Waals surface area contributed by atoms with Crippen LogP contribution < -0.4 is 0 Å². The van der Waals surface area contributed by atoms with Crippen LogP contribution in [0.5, 0.6) is 0 Å². The first-order valence-corrected chi connectivity index (χ1v) is 5.49. The highest BCUT2D eigenvalue weighted by Gasteiger charge is 2.07. The normalized spacial score (nSPS) is 10.9. The van der Waals surface area contributed by atoms with Crippen molar-refractivity contribution in [2.75, 3.05) is 0 Å². The molecule has 2 aromatic heterocycles. The Bertz CT molecular complexity index is 652. The van der Waals surface area contributed by atoms with E-state index in [9.17, 15) is 0 Å². The highest BCUT2D eigenvalue weighted by molar-refractivity contribution is 5.66. The quantitative estimate of drug-likeness (QED) is 0.637. The number of benzene rings is 1. The van der Waals surface area contributed by atoms with Crippen molar-refractivity contribution >= 4 is 5.65 Å². The predicted octanol–water partition coefficient (Wildman–Crippen LogP) is 2.41. The zero-order valence-corrected chi connectivity index (χ0v) is 9.75. The lowest BCUT2D eigenvalue weighted by atomic mass is 10.0. The Labute approximate surface area is 98.9 Å². The van der Waals surface area contributed by atoms with Crippen molar-refractivity contribution < 1.29 is 0 Å². The fourth-order valence-electron chi connectivity index (χ4n) is 1.99. The number of hydrogen-bond donors (Lipinski definition) is 0. The van der Waals surface area contributed by atoms with Crippen LogP contribution in [0.1, 0.15) is 11.1 Å². The summed E-state index contributed by atoms with van der Waals surface area (Å²) in [7, 11) is 0. The number of aromatic nitrogens is 4. The van der Waals surface area contributed by atoms with Crippen LogP contribution in [0.3, 0.4) is 0 Å². The summed E-state index contributed by atoms with van der Waals surface area (Å²) < 4.78 is 1.69. The summed E-state index contributed by atoms with van der Waals surface area (Å²) in [4.78, 5) is 4.53. The summed E-state index contributed by atoms with van der Waals surface area (Å²) in [5.74, 6) is 0. The number of fused-ring (bicyclic) bond motifs is 1. The van der Waals surface area contributed by atoms with E-state index in [0.29, 0.717) is 0 Å². The molecule has 0 radical (unpaired) electrons. The lowest BCUT2D eigenvalue weighted by Crippen LogP contribution is -1.90. The first kappa shape index (κ1) is 9.96. The Morgan fingerprint density at radius 2 is 2.00 bits per heavy atom. The van der Waals surface area contributed by atoms with Crippen LogP contribution in [0.2, 0.25) is 0 Å². The van der Waals surface area contributed by atoms with Gasteiger partial charge in [0.15, 0.2) is 5.65 Å². The molecule has 0 saturated heterocycles. The van der Waals surface area contributed by atoms with Gasteiger partial charge in [0.25, 0.3) is 0 Å². The van der Waals surface area contributed by atoms with Gasteiger partial charge < -0.3 is 0 Å². The first-order chi connectivity index (χ1) is 8.24. The van der Waals surface area contributed by atoms with Crippen LogP contribution >= 0.6 is 0 Å². The van der Waals surface area contributed by atoms with Gasteiger partial charge in [-0.2, -0.15) is 0 Å². The van der Waals surface area contributed by atoms with Crippen molar-refractivity contribution in [3.05, 3.63) is 47.8 Å². The Morgan fingerprint density at radius 3 is 2.76 bits per heavy atom. The van der Waals surface area contributed by atoms with Gasteiger partial charge in [-0.15, -0.1) is 5.10 Å². The molecule has 4 nitrogen and oxygen atoms in total. The molecule has 0 fully saturated rings. The maximum absolute atomic E-state index is 4.53. The van der Waals surface area contributed by atoms with Crippen LogP contribution in [0.4, 0.5) is 0 Å². The topological polar surface area (TPSA) is 43.1 Å². The van der Waals surface area contributed by atoms with Gasteiger partial charge in [0.2, 0.25) is 0 Å². The summed E-state index contributed by atoms with van der Waals surface area (Å²) in [5, 5.41) is 7.81. The first-order valence-electron chi connectivity index (χ1n) is 5.49. The molecule has 0 aliphatic rings. The van der Waals surface area contributed by atoms with Crippen molar-refractivity contribution in [3.8, 4) is 11.3 Å². The van der Waals surface area contributed by atoms with Crippen LogP contribution in [-0.4, -0.2) is 19.8 Å². The second kappa shape index (κ2) is 3.66. The Kier molecular flexibility index (Phi) is 2.14. The van der Waals surface area contributed by atoms with E-state index >= 15 is 0 Å². The van der Waals surface area contributed by atoms with E-state index in [4.69, 9.17) is 0 Å². The number of aryl methyl sites for hydroxylation is 2. The van der Waals surface area contributed by atoms with Crippen LogP contribution in [0.25, 0.3) is 16.9 Å². The smallest absolute Gasteiger partial charge is 0.157 e. The minimum Gasteiger partial charge on any atom is -0.227 e. The molecule has 0 unspecified atom stereocenters.